The molecule has 26 heavy (non-hydrogen) atoms. The van der Waals surface area contributed by atoms with Crippen molar-refractivity contribution in [3.8, 4) is 11.5 Å². The highest BCUT2D eigenvalue weighted by molar-refractivity contribution is 5.62. The van der Waals surface area contributed by atoms with Crippen molar-refractivity contribution in [3.05, 3.63) is 23.3 Å². The maximum absolute atomic E-state index is 12.2. The van der Waals surface area contributed by atoms with Crippen molar-refractivity contribution in [2.24, 2.45) is 5.92 Å². The molecule has 3 fully saturated rings. The summed E-state index contributed by atoms with van der Waals surface area (Å²) in [5.74, 6) is 2.62. The second-order valence-corrected chi connectivity index (χ2v) is 9.29. The average molecular weight is 355 g/mol. The quantitative estimate of drug-likeness (QED) is 0.905. The van der Waals surface area contributed by atoms with Gasteiger partial charge in [-0.15, -0.1) is 0 Å². The molecule has 1 N–H and O–H groups in total. The van der Waals surface area contributed by atoms with Crippen LogP contribution in [0.5, 0.6) is 11.5 Å². The Bertz CT molecular complexity index is 760. The molecule has 2 bridgehead atoms. The highest BCUT2D eigenvalue weighted by Gasteiger charge is 2.71. The van der Waals surface area contributed by atoms with Crippen LogP contribution in [0.4, 0.5) is 0 Å². The van der Waals surface area contributed by atoms with Gasteiger partial charge in [-0.2, -0.15) is 0 Å². The molecule has 2 saturated carbocycles. The van der Waals surface area contributed by atoms with Gasteiger partial charge in [-0.05, 0) is 69.0 Å². The molecule has 4 atom stereocenters. The van der Waals surface area contributed by atoms with Crippen LogP contribution < -0.4 is 9.47 Å². The van der Waals surface area contributed by atoms with Gasteiger partial charge in [-0.3, -0.25) is 4.90 Å². The minimum absolute atomic E-state index is 0.111. The molecule has 0 aromatic heterocycles. The first-order valence-corrected chi connectivity index (χ1v) is 10.5. The molecule has 2 aliphatic heterocycles. The Morgan fingerprint density at radius 1 is 1.23 bits per heavy atom. The fourth-order valence-corrected chi connectivity index (χ4v) is 7.00. The largest absolute Gasteiger partial charge is 0.493 e. The van der Waals surface area contributed by atoms with E-state index in [1.807, 2.05) is 0 Å². The minimum atomic E-state index is -0.650. The Morgan fingerprint density at radius 3 is 2.88 bits per heavy atom. The Hall–Kier alpha value is -1.26. The first kappa shape index (κ1) is 15.8. The lowest BCUT2D eigenvalue weighted by molar-refractivity contribution is -0.187. The molecule has 2 heterocycles. The first-order valence-electron chi connectivity index (χ1n) is 10.5. The van der Waals surface area contributed by atoms with Crippen LogP contribution in [0.15, 0.2) is 12.1 Å². The third kappa shape index (κ3) is 1.69. The Balaban J connectivity index is 1.51. The van der Waals surface area contributed by atoms with E-state index in [0.717, 1.165) is 56.1 Å². The molecule has 6 rings (SSSR count). The third-order valence-corrected chi connectivity index (χ3v) is 8.40. The second kappa shape index (κ2) is 5.17. The summed E-state index contributed by atoms with van der Waals surface area (Å²) in [5, 5.41) is 12.2. The second-order valence-electron chi connectivity index (χ2n) is 9.29. The SMILES string of the molecule is COc1ccc2c3c1O[C@H]1CCC[C@@]4(O)[C@@H](C2)N(CC2CCC2)CC[C@]314. The number of hydrogen-bond acceptors (Lipinski definition) is 4. The molecule has 4 nitrogen and oxygen atoms in total. The molecule has 4 heteroatoms. The smallest absolute Gasteiger partial charge is 0.165 e. The van der Waals surface area contributed by atoms with Crippen LogP contribution in [-0.4, -0.2) is 48.0 Å². The number of ether oxygens (including phenoxy) is 2. The topological polar surface area (TPSA) is 41.9 Å². The first-order chi connectivity index (χ1) is 12.7. The highest BCUT2D eigenvalue weighted by Crippen LogP contribution is 2.65. The number of aliphatic hydroxyl groups is 1. The van der Waals surface area contributed by atoms with Gasteiger partial charge in [0.25, 0.3) is 0 Å². The van der Waals surface area contributed by atoms with Crippen LogP contribution in [0, 0.1) is 5.92 Å². The summed E-state index contributed by atoms with van der Waals surface area (Å²) in [4.78, 5) is 2.64. The summed E-state index contributed by atoms with van der Waals surface area (Å²) < 4.78 is 12.1. The zero-order chi connectivity index (χ0) is 17.5. The van der Waals surface area contributed by atoms with Gasteiger partial charge in [0.2, 0.25) is 0 Å². The molecule has 1 spiro atoms. The van der Waals surface area contributed by atoms with E-state index in [1.165, 1.54) is 36.9 Å². The number of nitrogens with zero attached hydrogens (tertiary/aromatic N) is 1. The van der Waals surface area contributed by atoms with E-state index in [-0.39, 0.29) is 17.6 Å². The van der Waals surface area contributed by atoms with Crippen molar-refractivity contribution in [1.29, 1.82) is 0 Å². The third-order valence-electron chi connectivity index (χ3n) is 8.40. The summed E-state index contributed by atoms with van der Waals surface area (Å²) in [5.41, 5.74) is 1.81. The summed E-state index contributed by atoms with van der Waals surface area (Å²) >= 11 is 0. The van der Waals surface area contributed by atoms with Crippen LogP contribution >= 0.6 is 0 Å². The summed E-state index contributed by atoms with van der Waals surface area (Å²) in [7, 11) is 1.72. The zero-order valence-corrected chi connectivity index (χ0v) is 15.7. The molecule has 1 saturated heterocycles. The van der Waals surface area contributed by atoms with Crippen LogP contribution in [0.2, 0.25) is 0 Å². The van der Waals surface area contributed by atoms with E-state index in [2.05, 4.69) is 17.0 Å². The lowest BCUT2D eigenvalue weighted by Gasteiger charge is -2.63. The van der Waals surface area contributed by atoms with Gasteiger partial charge >= 0.3 is 0 Å². The molecule has 1 aromatic carbocycles. The molecular formula is C22H29NO3. The number of methoxy groups -OCH3 is 1. The van der Waals surface area contributed by atoms with Gasteiger partial charge in [-0.25, -0.2) is 0 Å². The van der Waals surface area contributed by atoms with Crippen LogP contribution in [0.1, 0.15) is 56.1 Å². The fourth-order valence-electron chi connectivity index (χ4n) is 7.00. The van der Waals surface area contributed by atoms with E-state index < -0.39 is 5.60 Å². The van der Waals surface area contributed by atoms with Crippen molar-refractivity contribution in [1.82, 2.24) is 4.90 Å². The Kier molecular flexibility index (Phi) is 3.13. The van der Waals surface area contributed by atoms with Gasteiger partial charge < -0.3 is 14.6 Å². The molecule has 0 unspecified atom stereocenters. The molecule has 1 aromatic rings. The molecular weight excluding hydrogens is 326 g/mol. The van der Waals surface area contributed by atoms with Gasteiger partial charge in [0.1, 0.15) is 6.10 Å². The predicted octanol–water partition coefficient (Wildman–Crippen LogP) is 3.04. The minimum Gasteiger partial charge on any atom is -0.493 e. The maximum atomic E-state index is 12.2. The van der Waals surface area contributed by atoms with Crippen LogP contribution in [-0.2, 0) is 11.8 Å². The van der Waals surface area contributed by atoms with E-state index >= 15 is 0 Å². The molecule has 3 aliphatic carbocycles. The van der Waals surface area contributed by atoms with Crippen LogP contribution in [0.25, 0.3) is 0 Å². The maximum Gasteiger partial charge on any atom is 0.165 e. The van der Waals surface area contributed by atoms with Crippen molar-refractivity contribution in [3.63, 3.8) is 0 Å². The highest BCUT2D eigenvalue weighted by atomic mass is 16.5. The monoisotopic (exact) mass is 355 g/mol. The predicted molar refractivity (Wildman–Crippen MR) is 98.9 cm³/mol. The zero-order valence-electron chi connectivity index (χ0n) is 15.7. The van der Waals surface area contributed by atoms with Crippen LogP contribution in [0.3, 0.4) is 0 Å². The van der Waals surface area contributed by atoms with Gasteiger partial charge in [0.15, 0.2) is 11.5 Å². The average Bonchev–Trinajstić information content (AvgIpc) is 2.93. The molecule has 0 amide bonds. The Labute approximate surface area is 155 Å². The van der Waals surface area contributed by atoms with E-state index in [9.17, 15) is 5.11 Å². The fraction of sp³-hybridized carbons (Fsp3) is 0.727. The van der Waals surface area contributed by atoms with E-state index in [4.69, 9.17) is 9.47 Å². The lowest BCUT2D eigenvalue weighted by atomic mass is 9.49. The molecule has 5 aliphatic rings. The van der Waals surface area contributed by atoms with E-state index in [0.29, 0.717) is 0 Å². The summed E-state index contributed by atoms with van der Waals surface area (Å²) in [6.45, 7) is 2.27. The number of likely N-dealkylation sites (tertiary alicyclic amines) is 1. The van der Waals surface area contributed by atoms with Gasteiger partial charge in [-0.1, -0.05) is 12.5 Å². The molecule has 140 valence electrons. The Morgan fingerprint density at radius 2 is 2.12 bits per heavy atom. The standard InChI is InChI=1S/C22H29NO3/c1-25-16-8-7-15-12-17-22(24)9-3-6-18-21(22,19(15)20(16)26-18)10-11-23(17)13-14-4-2-5-14/h7-8,14,17-18,24H,2-6,9-13H2,1H3/t17-,18+,21-,22-/m1/s1. The van der Waals surface area contributed by atoms with Crippen molar-refractivity contribution in [2.75, 3.05) is 20.2 Å². The van der Waals surface area contributed by atoms with Crippen molar-refractivity contribution in [2.45, 2.75) is 74.5 Å². The summed E-state index contributed by atoms with van der Waals surface area (Å²) in [6, 6.07) is 4.55. The summed E-state index contributed by atoms with van der Waals surface area (Å²) in [6.07, 6.45) is 9.23. The van der Waals surface area contributed by atoms with Crippen molar-refractivity contribution < 1.29 is 14.6 Å². The van der Waals surface area contributed by atoms with Gasteiger partial charge in [0.05, 0.1) is 18.1 Å². The number of rotatable bonds is 3. The van der Waals surface area contributed by atoms with Crippen molar-refractivity contribution >= 4 is 0 Å². The number of hydrogen-bond donors (Lipinski definition) is 1. The molecule has 0 radical (unpaired) electrons. The number of benzene rings is 1. The van der Waals surface area contributed by atoms with Gasteiger partial charge in [0, 0.05) is 18.2 Å². The lowest BCUT2D eigenvalue weighted by Crippen LogP contribution is -2.75. The van der Waals surface area contributed by atoms with E-state index in [1.54, 1.807) is 7.11 Å². The normalized spacial score (nSPS) is 40.5. The number of piperidine rings is 1.